The van der Waals surface area contributed by atoms with Crippen molar-refractivity contribution in [3.63, 3.8) is 0 Å². The van der Waals surface area contributed by atoms with E-state index in [1.807, 2.05) is 13.8 Å². The van der Waals surface area contributed by atoms with Gasteiger partial charge in [-0.05, 0) is 26.7 Å². The van der Waals surface area contributed by atoms with Crippen LogP contribution in [0.3, 0.4) is 0 Å². The fourth-order valence-corrected chi connectivity index (χ4v) is 2.08. The zero-order chi connectivity index (χ0) is 10.6. The van der Waals surface area contributed by atoms with E-state index in [-0.39, 0.29) is 11.7 Å². The summed E-state index contributed by atoms with van der Waals surface area (Å²) in [6.07, 6.45) is 3.87. The maximum Gasteiger partial charge on any atom is 0.106 e. The SMILES string of the molecule is COC1(C(O)COC(C)C)CCCC1. The lowest BCUT2D eigenvalue weighted by atomic mass is 9.95. The van der Waals surface area contributed by atoms with Gasteiger partial charge in [-0.2, -0.15) is 0 Å². The van der Waals surface area contributed by atoms with Gasteiger partial charge < -0.3 is 14.6 Å². The van der Waals surface area contributed by atoms with E-state index in [4.69, 9.17) is 9.47 Å². The molecule has 1 fully saturated rings. The minimum absolute atomic E-state index is 0.167. The summed E-state index contributed by atoms with van der Waals surface area (Å²) in [5, 5.41) is 10.00. The number of rotatable bonds is 5. The first kappa shape index (κ1) is 12.0. The van der Waals surface area contributed by atoms with Crippen molar-refractivity contribution in [2.75, 3.05) is 13.7 Å². The van der Waals surface area contributed by atoms with Crippen LogP contribution >= 0.6 is 0 Å². The van der Waals surface area contributed by atoms with Crippen LogP contribution in [-0.4, -0.2) is 36.6 Å². The monoisotopic (exact) mass is 202 g/mol. The molecule has 0 spiro atoms. The van der Waals surface area contributed by atoms with Crippen molar-refractivity contribution < 1.29 is 14.6 Å². The number of methoxy groups -OCH3 is 1. The molecule has 84 valence electrons. The summed E-state index contributed by atoms with van der Waals surface area (Å²) >= 11 is 0. The number of aliphatic hydroxyl groups is 1. The van der Waals surface area contributed by atoms with Gasteiger partial charge in [-0.1, -0.05) is 12.8 Å². The molecular weight excluding hydrogens is 180 g/mol. The molecule has 1 saturated carbocycles. The van der Waals surface area contributed by atoms with E-state index in [0.29, 0.717) is 6.61 Å². The van der Waals surface area contributed by atoms with Crippen LogP contribution in [0.5, 0.6) is 0 Å². The Morgan fingerprint density at radius 3 is 2.29 bits per heavy atom. The van der Waals surface area contributed by atoms with Crippen LogP contribution in [0.25, 0.3) is 0 Å². The Labute approximate surface area is 86.4 Å². The van der Waals surface area contributed by atoms with Crippen LogP contribution < -0.4 is 0 Å². The van der Waals surface area contributed by atoms with E-state index < -0.39 is 6.10 Å². The number of hydrogen-bond donors (Lipinski definition) is 1. The second kappa shape index (κ2) is 5.10. The molecule has 1 aliphatic rings. The van der Waals surface area contributed by atoms with Gasteiger partial charge in [0.05, 0.1) is 18.3 Å². The van der Waals surface area contributed by atoms with Gasteiger partial charge in [0.2, 0.25) is 0 Å². The van der Waals surface area contributed by atoms with E-state index in [0.717, 1.165) is 25.7 Å². The van der Waals surface area contributed by atoms with E-state index in [2.05, 4.69) is 0 Å². The second-order valence-electron chi connectivity index (χ2n) is 4.37. The Balaban J connectivity index is 2.43. The Kier molecular flexibility index (Phi) is 4.35. The molecule has 0 aromatic heterocycles. The number of aliphatic hydroxyl groups excluding tert-OH is 1. The molecule has 1 aliphatic carbocycles. The summed E-state index contributed by atoms with van der Waals surface area (Å²) in [7, 11) is 1.68. The van der Waals surface area contributed by atoms with Crippen molar-refractivity contribution in [1.29, 1.82) is 0 Å². The predicted octanol–water partition coefficient (Wildman–Crippen LogP) is 1.73. The number of hydrogen-bond acceptors (Lipinski definition) is 3. The van der Waals surface area contributed by atoms with Crippen molar-refractivity contribution >= 4 is 0 Å². The third-order valence-electron chi connectivity index (χ3n) is 3.05. The molecule has 1 unspecified atom stereocenters. The molecule has 0 bridgehead atoms. The third kappa shape index (κ3) is 2.69. The lowest BCUT2D eigenvalue weighted by molar-refractivity contribution is -0.129. The van der Waals surface area contributed by atoms with Gasteiger partial charge in [-0.25, -0.2) is 0 Å². The first-order chi connectivity index (χ1) is 6.60. The van der Waals surface area contributed by atoms with Gasteiger partial charge in [0.25, 0.3) is 0 Å². The largest absolute Gasteiger partial charge is 0.388 e. The molecule has 0 amide bonds. The number of ether oxygens (including phenoxy) is 2. The Hall–Kier alpha value is -0.120. The highest BCUT2D eigenvalue weighted by molar-refractivity contribution is 4.92. The van der Waals surface area contributed by atoms with E-state index in [9.17, 15) is 5.11 Å². The summed E-state index contributed by atoms with van der Waals surface area (Å²) in [6, 6.07) is 0. The average molecular weight is 202 g/mol. The van der Waals surface area contributed by atoms with Crippen LogP contribution in [0.15, 0.2) is 0 Å². The smallest absolute Gasteiger partial charge is 0.106 e. The molecule has 1 rings (SSSR count). The van der Waals surface area contributed by atoms with Crippen LogP contribution in [0.4, 0.5) is 0 Å². The minimum Gasteiger partial charge on any atom is -0.388 e. The lowest BCUT2D eigenvalue weighted by Crippen LogP contribution is -2.44. The maximum atomic E-state index is 10.00. The average Bonchev–Trinajstić information content (AvgIpc) is 2.63. The molecule has 1 atom stereocenters. The molecule has 3 heteroatoms. The fraction of sp³-hybridized carbons (Fsp3) is 1.00. The van der Waals surface area contributed by atoms with E-state index in [1.165, 1.54) is 0 Å². The molecule has 0 radical (unpaired) electrons. The van der Waals surface area contributed by atoms with Gasteiger partial charge >= 0.3 is 0 Å². The molecule has 3 nitrogen and oxygen atoms in total. The zero-order valence-corrected chi connectivity index (χ0v) is 9.45. The van der Waals surface area contributed by atoms with Gasteiger partial charge in [-0.3, -0.25) is 0 Å². The summed E-state index contributed by atoms with van der Waals surface area (Å²) in [5.74, 6) is 0. The fourth-order valence-electron chi connectivity index (χ4n) is 2.08. The van der Waals surface area contributed by atoms with Crippen molar-refractivity contribution in [2.45, 2.75) is 57.3 Å². The quantitative estimate of drug-likeness (QED) is 0.738. The lowest BCUT2D eigenvalue weighted by Gasteiger charge is -2.33. The van der Waals surface area contributed by atoms with Gasteiger partial charge in [0, 0.05) is 7.11 Å². The molecule has 14 heavy (non-hydrogen) atoms. The predicted molar refractivity (Wildman–Crippen MR) is 55.3 cm³/mol. The van der Waals surface area contributed by atoms with Crippen LogP contribution in [0, 0.1) is 0 Å². The minimum atomic E-state index is -0.489. The Bertz CT molecular complexity index is 162. The highest BCUT2D eigenvalue weighted by Crippen LogP contribution is 2.35. The summed E-state index contributed by atoms with van der Waals surface area (Å²) in [4.78, 5) is 0. The van der Waals surface area contributed by atoms with Crippen LogP contribution in [-0.2, 0) is 9.47 Å². The van der Waals surface area contributed by atoms with Gasteiger partial charge in [0.15, 0.2) is 0 Å². The summed E-state index contributed by atoms with van der Waals surface area (Å²) in [6.45, 7) is 4.33. The van der Waals surface area contributed by atoms with E-state index in [1.54, 1.807) is 7.11 Å². The summed E-state index contributed by atoms with van der Waals surface area (Å²) in [5.41, 5.74) is -0.338. The first-order valence-corrected chi connectivity index (χ1v) is 5.45. The highest BCUT2D eigenvalue weighted by atomic mass is 16.5. The zero-order valence-electron chi connectivity index (χ0n) is 9.45. The Morgan fingerprint density at radius 2 is 1.86 bits per heavy atom. The Morgan fingerprint density at radius 1 is 1.29 bits per heavy atom. The first-order valence-electron chi connectivity index (χ1n) is 5.45. The normalized spacial score (nSPS) is 22.9. The van der Waals surface area contributed by atoms with Crippen molar-refractivity contribution in [3.05, 3.63) is 0 Å². The molecule has 0 heterocycles. The topological polar surface area (TPSA) is 38.7 Å². The third-order valence-corrected chi connectivity index (χ3v) is 3.05. The maximum absolute atomic E-state index is 10.00. The van der Waals surface area contributed by atoms with Crippen LogP contribution in [0.2, 0.25) is 0 Å². The summed E-state index contributed by atoms with van der Waals surface area (Å²) < 4.78 is 10.9. The van der Waals surface area contributed by atoms with Gasteiger partial charge in [0.1, 0.15) is 6.10 Å². The molecule has 0 saturated heterocycles. The van der Waals surface area contributed by atoms with Gasteiger partial charge in [-0.15, -0.1) is 0 Å². The van der Waals surface area contributed by atoms with Crippen molar-refractivity contribution in [1.82, 2.24) is 0 Å². The van der Waals surface area contributed by atoms with Crippen molar-refractivity contribution in [2.24, 2.45) is 0 Å². The highest BCUT2D eigenvalue weighted by Gasteiger charge is 2.40. The molecular formula is C11H22O3. The molecule has 0 aromatic carbocycles. The molecule has 1 N–H and O–H groups in total. The molecule has 0 aromatic rings. The standard InChI is InChI=1S/C11H22O3/c1-9(2)14-8-10(12)11(13-3)6-4-5-7-11/h9-10,12H,4-8H2,1-3H3. The second-order valence-corrected chi connectivity index (χ2v) is 4.37. The van der Waals surface area contributed by atoms with Crippen LogP contribution in [0.1, 0.15) is 39.5 Å². The van der Waals surface area contributed by atoms with Crippen molar-refractivity contribution in [3.8, 4) is 0 Å². The van der Waals surface area contributed by atoms with E-state index >= 15 is 0 Å². The molecule has 0 aliphatic heterocycles.